The highest BCUT2D eigenvalue weighted by molar-refractivity contribution is 5.96. The highest BCUT2D eigenvalue weighted by Crippen LogP contribution is 2.25. The van der Waals surface area contributed by atoms with Crippen LogP contribution in [0.2, 0.25) is 0 Å². The Labute approximate surface area is 346 Å². The molecule has 4 rings (SSSR count). The van der Waals surface area contributed by atoms with Crippen LogP contribution in [-0.2, 0) is 51.3 Å². The minimum Gasteiger partial charge on any atom is -0.469 e. The van der Waals surface area contributed by atoms with E-state index in [9.17, 15) is 33.6 Å². The minimum absolute atomic E-state index is 0.00304. The van der Waals surface area contributed by atoms with Crippen molar-refractivity contribution in [1.29, 1.82) is 0 Å². The number of esters is 1. The third-order valence-corrected chi connectivity index (χ3v) is 10.7. The second-order valence-electron chi connectivity index (χ2n) is 15.2. The summed E-state index contributed by atoms with van der Waals surface area (Å²) in [5.41, 5.74) is 9.88. The summed E-state index contributed by atoms with van der Waals surface area (Å²) >= 11 is 0. The third-order valence-electron chi connectivity index (χ3n) is 10.7. The molecule has 0 spiro atoms. The van der Waals surface area contributed by atoms with Gasteiger partial charge in [0.15, 0.2) is 0 Å². The van der Waals surface area contributed by atoms with Crippen molar-refractivity contribution >= 4 is 47.2 Å². The Balaban J connectivity index is 1.45. The lowest BCUT2D eigenvalue weighted by molar-refractivity contribution is -0.152. The van der Waals surface area contributed by atoms with Crippen LogP contribution in [0, 0.1) is 11.8 Å². The van der Waals surface area contributed by atoms with Gasteiger partial charge in [-0.25, -0.2) is 5.01 Å². The maximum absolute atomic E-state index is 14.1. The smallest absolute Gasteiger partial charge is 0.309 e. The molecule has 2 fully saturated rings. The number of nitrogens with two attached hydrogens (primary N) is 1. The molecular weight excluding hydrogens is 757 g/mol. The van der Waals surface area contributed by atoms with Crippen LogP contribution >= 0.6 is 0 Å². The summed E-state index contributed by atoms with van der Waals surface area (Å²) < 4.78 is 4.99. The largest absolute Gasteiger partial charge is 0.469 e. The van der Waals surface area contributed by atoms with E-state index in [1.165, 1.54) is 17.0 Å². The summed E-state index contributed by atoms with van der Waals surface area (Å²) in [6.45, 7) is 3.74. The zero-order valence-corrected chi connectivity index (χ0v) is 34.5. The van der Waals surface area contributed by atoms with Crippen molar-refractivity contribution in [3.05, 3.63) is 71.8 Å². The van der Waals surface area contributed by atoms with E-state index in [1.807, 2.05) is 36.4 Å². The predicted molar refractivity (Wildman–Crippen MR) is 221 cm³/mol. The van der Waals surface area contributed by atoms with Gasteiger partial charge in [-0.3, -0.25) is 44.0 Å². The van der Waals surface area contributed by atoms with Crippen molar-refractivity contribution in [2.45, 2.75) is 109 Å². The number of benzene rings is 2. The third kappa shape index (κ3) is 14.5. The van der Waals surface area contributed by atoms with Crippen molar-refractivity contribution in [3.63, 3.8) is 0 Å². The maximum atomic E-state index is 14.1. The Morgan fingerprint density at radius 2 is 1.54 bits per heavy atom. The molecule has 1 aliphatic heterocycles. The number of nitrogens with zero attached hydrogens (tertiary/aromatic N) is 3. The molecule has 16 heteroatoms. The number of methoxy groups -OCH3 is 1. The molecule has 0 unspecified atom stereocenters. The molecule has 2 aromatic rings. The van der Waals surface area contributed by atoms with Crippen molar-refractivity contribution < 1.29 is 38.3 Å². The average molecular weight is 817 g/mol. The molecule has 1 saturated carbocycles. The molecule has 320 valence electrons. The lowest BCUT2D eigenvalue weighted by Gasteiger charge is -2.31. The van der Waals surface area contributed by atoms with Gasteiger partial charge >= 0.3 is 5.97 Å². The number of carbonyl (C=O) groups is 7. The number of hydrogen-bond acceptors (Lipinski definition) is 9. The molecule has 0 radical (unpaired) electrons. The molecule has 2 aliphatic rings. The van der Waals surface area contributed by atoms with Crippen molar-refractivity contribution in [3.8, 4) is 0 Å². The summed E-state index contributed by atoms with van der Waals surface area (Å²) in [6.07, 6.45) is 5.23. The van der Waals surface area contributed by atoms with Gasteiger partial charge in [-0.15, -0.1) is 0 Å². The van der Waals surface area contributed by atoms with E-state index in [1.54, 1.807) is 38.1 Å². The summed E-state index contributed by atoms with van der Waals surface area (Å²) in [7, 11) is 1.25. The quantitative estimate of drug-likeness (QED) is 0.0435. The molecule has 2 aromatic carbocycles. The molecule has 1 aliphatic carbocycles. The van der Waals surface area contributed by atoms with Crippen LogP contribution < -0.4 is 27.1 Å². The minimum atomic E-state index is -1.06. The molecule has 4 atom stereocenters. The first-order chi connectivity index (χ1) is 28.4. The van der Waals surface area contributed by atoms with Gasteiger partial charge in [0, 0.05) is 31.8 Å². The van der Waals surface area contributed by atoms with E-state index < -0.39 is 59.5 Å². The fourth-order valence-electron chi connectivity index (χ4n) is 7.47. The molecule has 59 heavy (non-hydrogen) atoms. The molecule has 1 heterocycles. The Morgan fingerprint density at radius 1 is 0.881 bits per heavy atom. The molecule has 0 aromatic heterocycles. The van der Waals surface area contributed by atoms with Crippen LogP contribution in [0.5, 0.6) is 0 Å². The number of amides is 6. The van der Waals surface area contributed by atoms with E-state index in [0.29, 0.717) is 38.1 Å². The van der Waals surface area contributed by atoms with Gasteiger partial charge in [0.25, 0.3) is 5.91 Å². The van der Waals surface area contributed by atoms with E-state index >= 15 is 0 Å². The zero-order chi connectivity index (χ0) is 42.7. The van der Waals surface area contributed by atoms with Gasteiger partial charge in [0.05, 0.1) is 32.0 Å². The zero-order valence-electron chi connectivity index (χ0n) is 34.5. The summed E-state index contributed by atoms with van der Waals surface area (Å²) in [5.74, 6) is -3.95. The Hall–Kier alpha value is -5.80. The van der Waals surface area contributed by atoms with Crippen LogP contribution in [0.3, 0.4) is 0 Å². The topological polar surface area (TPSA) is 222 Å². The van der Waals surface area contributed by atoms with Gasteiger partial charge in [0.2, 0.25) is 29.5 Å². The molecule has 6 amide bonds. The number of aliphatic imine (C=N–C) groups is 1. The van der Waals surface area contributed by atoms with Gasteiger partial charge in [-0.1, -0.05) is 80.4 Å². The van der Waals surface area contributed by atoms with Gasteiger partial charge in [0.1, 0.15) is 18.1 Å². The second-order valence-corrected chi connectivity index (χ2v) is 15.2. The normalized spacial score (nSPS) is 17.0. The number of hydrazine groups is 1. The molecule has 1 saturated heterocycles. The van der Waals surface area contributed by atoms with Crippen molar-refractivity contribution in [2.24, 2.45) is 22.6 Å². The number of amidine groups is 1. The molecular formula is C43H60N8O8. The van der Waals surface area contributed by atoms with Crippen LogP contribution in [0.1, 0.15) is 89.2 Å². The first kappa shape index (κ1) is 45.9. The van der Waals surface area contributed by atoms with Crippen LogP contribution in [0.25, 0.3) is 0 Å². The van der Waals surface area contributed by atoms with Gasteiger partial charge in [-0.05, 0) is 63.0 Å². The second kappa shape index (κ2) is 23.6. The molecule has 0 bridgehead atoms. The first-order valence-corrected chi connectivity index (χ1v) is 20.6. The fourth-order valence-corrected chi connectivity index (χ4v) is 7.47. The van der Waals surface area contributed by atoms with Crippen molar-refractivity contribution in [1.82, 2.24) is 31.3 Å². The lowest BCUT2D eigenvalue weighted by Crippen LogP contribution is -2.58. The summed E-state index contributed by atoms with van der Waals surface area (Å²) in [6, 6.07) is 15.1. The first-order valence-electron chi connectivity index (χ1n) is 20.6. The SMILES string of the molecule is CC[C@H](NC(=O)[C@H](Cc1ccccc1)NC(=O)CNC(=O)C1CCCC1)C(=O)N1CCC[C@@H]1C(=O)NN(Cc1ccccc1)C(=O)C[C@H](CCCN=C(C)N)C(=O)OC. The molecule has 16 nitrogen and oxygen atoms in total. The maximum Gasteiger partial charge on any atom is 0.309 e. The number of hydrogen-bond donors (Lipinski definition) is 5. The van der Waals surface area contributed by atoms with E-state index in [0.717, 1.165) is 36.8 Å². The standard InChI is InChI=1S/C43H60N8O8/c1-4-34(48-40(55)35(25-30-15-7-5-8-16-30)47-37(52)27-46-39(54)32-19-11-12-20-32)42(57)50-24-14-22-36(50)41(56)49-51(28-31-17-9-6-10-18-31)38(53)26-33(43(58)59-3)21-13-23-45-29(2)44/h5-10,15-18,32-36H,4,11-14,19-28H2,1-3H3,(H2,44,45)(H,46,54)(H,47,52)(H,48,55)(H,49,56)/t33-,34-,35-,36+/m0/s1. The highest BCUT2D eigenvalue weighted by Gasteiger charge is 2.39. The number of nitrogens with one attached hydrogen (secondary N) is 4. The Morgan fingerprint density at radius 3 is 2.17 bits per heavy atom. The number of carbonyl (C=O) groups excluding carboxylic acids is 7. The number of likely N-dealkylation sites (tertiary alicyclic amines) is 1. The van der Waals surface area contributed by atoms with Gasteiger partial charge in [-0.2, -0.15) is 0 Å². The lowest BCUT2D eigenvalue weighted by atomic mass is 9.98. The van der Waals surface area contributed by atoms with E-state index in [4.69, 9.17) is 10.5 Å². The Bertz CT molecular complexity index is 1760. The van der Waals surface area contributed by atoms with E-state index in [2.05, 4.69) is 26.4 Å². The highest BCUT2D eigenvalue weighted by atomic mass is 16.5. The average Bonchev–Trinajstić information content (AvgIpc) is 3.97. The number of rotatable bonds is 20. The van der Waals surface area contributed by atoms with Crippen LogP contribution in [0.15, 0.2) is 65.7 Å². The van der Waals surface area contributed by atoms with Crippen molar-refractivity contribution in [2.75, 3.05) is 26.7 Å². The van der Waals surface area contributed by atoms with Gasteiger partial charge < -0.3 is 31.3 Å². The predicted octanol–water partition coefficient (Wildman–Crippen LogP) is 2.30. The Kier molecular flexibility index (Phi) is 18.3. The summed E-state index contributed by atoms with van der Waals surface area (Å²) in [5, 5.41) is 9.40. The fraction of sp³-hybridized carbons (Fsp3) is 0.535. The van der Waals surface area contributed by atoms with Crippen LogP contribution in [-0.4, -0.2) is 102 Å². The number of ether oxygens (including phenoxy) is 1. The molecule has 6 N–H and O–H groups in total. The van der Waals surface area contributed by atoms with E-state index in [-0.39, 0.29) is 50.7 Å². The summed E-state index contributed by atoms with van der Waals surface area (Å²) in [4.78, 5) is 99.7. The van der Waals surface area contributed by atoms with Crippen LogP contribution in [0.4, 0.5) is 0 Å². The monoisotopic (exact) mass is 816 g/mol.